The number of piperidine rings is 1. The first-order chi connectivity index (χ1) is 9.52. The molecule has 1 N–H and O–H groups in total. The lowest BCUT2D eigenvalue weighted by molar-refractivity contribution is 0.0712. The normalized spacial score (nSPS) is 22.8. The molecule has 1 aliphatic heterocycles. The number of hydrogen-bond donors (Lipinski definition) is 1. The lowest BCUT2D eigenvalue weighted by atomic mass is 9.71. The molecule has 1 aromatic carbocycles. The maximum atomic E-state index is 13.8. The molecule has 20 heavy (non-hydrogen) atoms. The third-order valence-corrected chi connectivity index (χ3v) is 3.96. The van der Waals surface area contributed by atoms with Gasteiger partial charge in [0, 0.05) is 12.0 Å². The van der Waals surface area contributed by atoms with Gasteiger partial charge in [0.25, 0.3) is 0 Å². The molecule has 1 aliphatic rings. The van der Waals surface area contributed by atoms with Crippen LogP contribution >= 0.6 is 0 Å². The van der Waals surface area contributed by atoms with E-state index in [0.29, 0.717) is 19.4 Å². The molecule has 1 fully saturated rings. The second kappa shape index (κ2) is 5.95. The average molecular weight is 285 g/mol. The van der Waals surface area contributed by atoms with Crippen LogP contribution in [0.5, 0.6) is 0 Å². The molecular formula is C15H18F3NO. The molecule has 1 atom stereocenters. The number of rotatable bonds is 4. The van der Waals surface area contributed by atoms with E-state index in [0.717, 1.165) is 31.5 Å². The molecule has 1 unspecified atom stereocenters. The smallest absolute Gasteiger partial charge is 0.195 e. The van der Waals surface area contributed by atoms with E-state index < -0.39 is 28.6 Å². The van der Waals surface area contributed by atoms with Gasteiger partial charge >= 0.3 is 0 Å². The standard InChI is InChI=1S/C15H18F3NO/c1-2-6-15(7-3-8-19-9-15)14(20)10-4-5-11(16)13(18)12(10)17/h4-5,19H,2-3,6-9H2,1H3. The number of hydrogen-bond acceptors (Lipinski definition) is 2. The van der Waals surface area contributed by atoms with Crippen molar-refractivity contribution in [1.82, 2.24) is 5.32 Å². The number of halogens is 3. The van der Waals surface area contributed by atoms with Crippen molar-refractivity contribution < 1.29 is 18.0 Å². The van der Waals surface area contributed by atoms with Crippen LogP contribution in [0.1, 0.15) is 43.0 Å². The predicted molar refractivity (Wildman–Crippen MR) is 70.1 cm³/mol. The van der Waals surface area contributed by atoms with Gasteiger partial charge in [-0.25, -0.2) is 13.2 Å². The van der Waals surface area contributed by atoms with E-state index in [-0.39, 0.29) is 5.56 Å². The van der Waals surface area contributed by atoms with Crippen molar-refractivity contribution in [3.05, 3.63) is 35.1 Å². The summed E-state index contributed by atoms with van der Waals surface area (Å²) in [4.78, 5) is 12.6. The van der Waals surface area contributed by atoms with Crippen LogP contribution in [-0.2, 0) is 0 Å². The van der Waals surface area contributed by atoms with Crippen LogP contribution in [0.25, 0.3) is 0 Å². The SMILES string of the molecule is CCCC1(C(=O)c2ccc(F)c(F)c2F)CCCNC1. The maximum Gasteiger partial charge on any atom is 0.195 e. The van der Waals surface area contributed by atoms with Gasteiger partial charge in [-0.15, -0.1) is 0 Å². The Hall–Kier alpha value is -1.36. The van der Waals surface area contributed by atoms with Gasteiger partial charge in [0.1, 0.15) is 0 Å². The highest BCUT2D eigenvalue weighted by molar-refractivity contribution is 6.01. The molecule has 0 spiro atoms. The monoisotopic (exact) mass is 285 g/mol. The number of benzene rings is 1. The number of ketones is 1. The summed E-state index contributed by atoms with van der Waals surface area (Å²) in [5, 5.41) is 3.15. The minimum atomic E-state index is -1.58. The molecular weight excluding hydrogens is 267 g/mol. The summed E-state index contributed by atoms with van der Waals surface area (Å²) >= 11 is 0. The van der Waals surface area contributed by atoms with Crippen molar-refractivity contribution in [3.8, 4) is 0 Å². The van der Waals surface area contributed by atoms with Crippen LogP contribution in [-0.4, -0.2) is 18.9 Å². The Labute approximate surface area is 116 Å². The fourth-order valence-corrected chi connectivity index (χ4v) is 2.95. The highest BCUT2D eigenvalue weighted by Gasteiger charge is 2.40. The highest BCUT2D eigenvalue weighted by atomic mass is 19.2. The summed E-state index contributed by atoms with van der Waals surface area (Å²) in [5.74, 6) is -4.66. The van der Waals surface area contributed by atoms with Gasteiger partial charge in [-0.3, -0.25) is 4.79 Å². The lowest BCUT2D eigenvalue weighted by Crippen LogP contribution is -2.45. The Kier molecular flexibility index (Phi) is 4.48. The molecule has 0 aromatic heterocycles. The van der Waals surface area contributed by atoms with E-state index in [1.807, 2.05) is 6.92 Å². The van der Waals surface area contributed by atoms with E-state index in [1.165, 1.54) is 0 Å². The van der Waals surface area contributed by atoms with Crippen LogP contribution in [0.2, 0.25) is 0 Å². The Morgan fingerprint density at radius 2 is 2.05 bits per heavy atom. The molecule has 0 radical (unpaired) electrons. The topological polar surface area (TPSA) is 29.1 Å². The van der Waals surface area contributed by atoms with Crippen LogP contribution < -0.4 is 5.32 Å². The molecule has 0 saturated carbocycles. The van der Waals surface area contributed by atoms with Gasteiger partial charge in [-0.2, -0.15) is 0 Å². The van der Waals surface area contributed by atoms with Gasteiger partial charge in [0.15, 0.2) is 23.2 Å². The second-order valence-electron chi connectivity index (χ2n) is 5.36. The molecule has 2 nitrogen and oxygen atoms in total. The molecule has 2 rings (SSSR count). The molecule has 5 heteroatoms. The summed E-state index contributed by atoms with van der Waals surface area (Å²) in [6.07, 6.45) is 2.85. The van der Waals surface area contributed by atoms with Gasteiger partial charge in [-0.05, 0) is 37.9 Å². The van der Waals surface area contributed by atoms with Gasteiger partial charge in [-0.1, -0.05) is 13.3 Å². The van der Waals surface area contributed by atoms with Crippen LogP contribution in [0.3, 0.4) is 0 Å². The zero-order valence-corrected chi connectivity index (χ0v) is 11.4. The summed E-state index contributed by atoms with van der Waals surface area (Å²) in [6, 6.07) is 1.85. The molecule has 1 heterocycles. The maximum absolute atomic E-state index is 13.8. The molecule has 0 amide bonds. The van der Waals surface area contributed by atoms with Crippen molar-refractivity contribution in [2.75, 3.05) is 13.1 Å². The van der Waals surface area contributed by atoms with Crippen LogP contribution in [0.15, 0.2) is 12.1 Å². The predicted octanol–water partition coefficient (Wildman–Crippen LogP) is 3.46. The molecule has 0 aliphatic carbocycles. The fraction of sp³-hybridized carbons (Fsp3) is 0.533. The molecule has 110 valence electrons. The largest absolute Gasteiger partial charge is 0.316 e. The fourth-order valence-electron chi connectivity index (χ4n) is 2.95. The van der Waals surface area contributed by atoms with E-state index in [4.69, 9.17) is 0 Å². The first-order valence-electron chi connectivity index (χ1n) is 6.91. The van der Waals surface area contributed by atoms with E-state index in [1.54, 1.807) is 0 Å². The summed E-state index contributed by atoms with van der Waals surface area (Å²) in [5.41, 5.74) is -1.06. The van der Waals surface area contributed by atoms with Crippen LogP contribution in [0, 0.1) is 22.9 Å². The molecule has 1 saturated heterocycles. The van der Waals surface area contributed by atoms with E-state index in [9.17, 15) is 18.0 Å². The summed E-state index contributed by atoms with van der Waals surface area (Å²) in [6.45, 7) is 3.22. The van der Waals surface area contributed by atoms with Crippen molar-refractivity contribution in [2.45, 2.75) is 32.6 Å². The van der Waals surface area contributed by atoms with Gasteiger partial charge in [0.05, 0.1) is 5.56 Å². The number of Topliss-reactive ketones (excluding diaryl/α,β-unsaturated/α-hetero) is 1. The third-order valence-electron chi connectivity index (χ3n) is 3.96. The van der Waals surface area contributed by atoms with E-state index in [2.05, 4.69) is 5.32 Å². The number of carbonyl (C=O) groups is 1. The Balaban J connectivity index is 2.40. The second-order valence-corrected chi connectivity index (χ2v) is 5.36. The van der Waals surface area contributed by atoms with E-state index >= 15 is 0 Å². The van der Waals surface area contributed by atoms with Crippen molar-refractivity contribution in [2.24, 2.45) is 5.41 Å². The van der Waals surface area contributed by atoms with Crippen molar-refractivity contribution >= 4 is 5.78 Å². The minimum Gasteiger partial charge on any atom is -0.316 e. The van der Waals surface area contributed by atoms with Crippen LogP contribution in [0.4, 0.5) is 13.2 Å². The first kappa shape index (κ1) is 15.0. The molecule has 1 aromatic rings. The third kappa shape index (κ3) is 2.59. The minimum absolute atomic E-state index is 0.346. The average Bonchev–Trinajstić information content (AvgIpc) is 2.46. The van der Waals surface area contributed by atoms with Gasteiger partial charge in [0.2, 0.25) is 0 Å². The quantitative estimate of drug-likeness (QED) is 0.678. The number of nitrogens with one attached hydrogen (secondary N) is 1. The van der Waals surface area contributed by atoms with Gasteiger partial charge < -0.3 is 5.32 Å². The first-order valence-corrected chi connectivity index (χ1v) is 6.91. The Morgan fingerprint density at radius 1 is 1.30 bits per heavy atom. The molecule has 0 bridgehead atoms. The zero-order chi connectivity index (χ0) is 14.8. The zero-order valence-electron chi connectivity index (χ0n) is 11.4. The lowest BCUT2D eigenvalue weighted by Gasteiger charge is -2.36. The number of carbonyl (C=O) groups excluding carboxylic acids is 1. The van der Waals surface area contributed by atoms with Crippen molar-refractivity contribution in [1.29, 1.82) is 0 Å². The van der Waals surface area contributed by atoms with Crippen molar-refractivity contribution in [3.63, 3.8) is 0 Å². The highest BCUT2D eigenvalue weighted by Crippen LogP contribution is 2.36. The Morgan fingerprint density at radius 3 is 2.65 bits per heavy atom. The Bertz CT molecular complexity index is 505. The summed E-state index contributed by atoms with van der Waals surface area (Å²) in [7, 11) is 0. The summed E-state index contributed by atoms with van der Waals surface area (Å²) < 4.78 is 40.1.